The SMILES string of the molecule is N#Cc1c(Cl)cccc1OCCn1ccnc1. The van der Waals surface area contributed by atoms with E-state index >= 15 is 0 Å². The Morgan fingerprint density at radius 1 is 1.47 bits per heavy atom. The molecule has 0 bridgehead atoms. The lowest BCUT2D eigenvalue weighted by Crippen LogP contribution is -2.07. The van der Waals surface area contributed by atoms with E-state index in [0.29, 0.717) is 29.5 Å². The van der Waals surface area contributed by atoms with Crippen molar-refractivity contribution in [1.82, 2.24) is 9.55 Å². The van der Waals surface area contributed by atoms with Crippen LogP contribution in [-0.2, 0) is 6.54 Å². The Bertz CT molecular complexity index is 531. The molecule has 4 nitrogen and oxygen atoms in total. The van der Waals surface area contributed by atoms with E-state index in [4.69, 9.17) is 21.6 Å². The Labute approximate surface area is 104 Å². The zero-order valence-electron chi connectivity index (χ0n) is 9.01. The minimum Gasteiger partial charge on any atom is -0.490 e. The molecule has 0 aliphatic heterocycles. The van der Waals surface area contributed by atoms with Crippen LogP contribution in [-0.4, -0.2) is 16.2 Å². The molecular formula is C12H10ClN3O. The number of ether oxygens (including phenoxy) is 1. The minimum atomic E-state index is 0.375. The summed E-state index contributed by atoms with van der Waals surface area (Å²) in [7, 11) is 0. The number of hydrogen-bond donors (Lipinski definition) is 0. The fraction of sp³-hybridized carbons (Fsp3) is 0.167. The molecule has 86 valence electrons. The molecule has 0 atom stereocenters. The summed E-state index contributed by atoms with van der Waals surface area (Å²) in [5, 5.41) is 9.36. The maximum atomic E-state index is 8.95. The van der Waals surface area contributed by atoms with Crippen molar-refractivity contribution in [1.29, 1.82) is 5.26 Å². The van der Waals surface area contributed by atoms with Gasteiger partial charge in [-0.1, -0.05) is 17.7 Å². The third kappa shape index (κ3) is 2.77. The van der Waals surface area contributed by atoms with E-state index in [9.17, 15) is 0 Å². The molecule has 1 aromatic heterocycles. The van der Waals surface area contributed by atoms with Crippen molar-refractivity contribution < 1.29 is 4.74 Å². The van der Waals surface area contributed by atoms with E-state index in [-0.39, 0.29) is 0 Å². The summed E-state index contributed by atoms with van der Waals surface area (Å²) in [6, 6.07) is 7.20. The van der Waals surface area contributed by atoms with Crippen LogP contribution >= 0.6 is 11.6 Å². The lowest BCUT2D eigenvalue weighted by atomic mass is 10.2. The Kier molecular flexibility index (Phi) is 3.63. The van der Waals surface area contributed by atoms with Crippen LogP contribution in [0, 0.1) is 11.3 Å². The van der Waals surface area contributed by atoms with Crippen molar-refractivity contribution in [3.05, 3.63) is 47.5 Å². The van der Waals surface area contributed by atoms with Gasteiger partial charge in [0.2, 0.25) is 0 Å². The highest BCUT2D eigenvalue weighted by molar-refractivity contribution is 6.31. The number of nitrogens with zero attached hydrogens (tertiary/aromatic N) is 3. The average molecular weight is 248 g/mol. The van der Waals surface area contributed by atoms with Gasteiger partial charge in [0, 0.05) is 12.4 Å². The van der Waals surface area contributed by atoms with E-state index in [0.717, 1.165) is 0 Å². The zero-order chi connectivity index (χ0) is 12.1. The van der Waals surface area contributed by atoms with Crippen LogP contribution in [0.3, 0.4) is 0 Å². The van der Waals surface area contributed by atoms with Crippen molar-refractivity contribution in [2.45, 2.75) is 6.54 Å². The summed E-state index contributed by atoms with van der Waals surface area (Å²) in [6.07, 6.45) is 5.28. The monoisotopic (exact) mass is 247 g/mol. The maximum Gasteiger partial charge on any atom is 0.138 e. The van der Waals surface area contributed by atoms with Gasteiger partial charge in [0.05, 0.1) is 17.9 Å². The van der Waals surface area contributed by atoms with Crippen molar-refractivity contribution in [2.75, 3.05) is 6.61 Å². The van der Waals surface area contributed by atoms with Crippen LogP contribution in [0.2, 0.25) is 5.02 Å². The number of halogens is 1. The largest absolute Gasteiger partial charge is 0.490 e. The van der Waals surface area contributed by atoms with Gasteiger partial charge in [-0.25, -0.2) is 4.98 Å². The molecule has 0 saturated heterocycles. The summed E-state index contributed by atoms with van der Waals surface area (Å²) in [5.41, 5.74) is 0.375. The van der Waals surface area contributed by atoms with Crippen LogP contribution in [0.25, 0.3) is 0 Å². The second kappa shape index (κ2) is 5.37. The number of imidazole rings is 1. The fourth-order valence-electron chi connectivity index (χ4n) is 1.41. The molecule has 0 aliphatic rings. The molecule has 5 heteroatoms. The highest BCUT2D eigenvalue weighted by atomic mass is 35.5. The number of hydrogen-bond acceptors (Lipinski definition) is 3. The van der Waals surface area contributed by atoms with E-state index in [2.05, 4.69) is 4.98 Å². The van der Waals surface area contributed by atoms with Gasteiger partial charge >= 0.3 is 0 Å². The zero-order valence-corrected chi connectivity index (χ0v) is 9.76. The summed E-state index contributed by atoms with van der Waals surface area (Å²) in [6.45, 7) is 1.14. The molecule has 0 fully saturated rings. The first-order chi connectivity index (χ1) is 8.31. The van der Waals surface area contributed by atoms with Crippen LogP contribution in [0.1, 0.15) is 5.56 Å². The molecule has 1 aromatic carbocycles. The Morgan fingerprint density at radius 2 is 2.35 bits per heavy atom. The standard InChI is InChI=1S/C12H10ClN3O/c13-11-2-1-3-12(10(11)8-14)17-7-6-16-5-4-15-9-16/h1-5,9H,6-7H2. The van der Waals surface area contributed by atoms with Gasteiger partial charge in [0.15, 0.2) is 0 Å². The first-order valence-corrected chi connectivity index (χ1v) is 5.46. The van der Waals surface area contributed by atoms with Crippen molar-refractivity contribution in [2.24, 2.45) is 0 Å². The highest BCUT2D eigenvalue weighted by Gasteiger charge is 2.06. The molecule has 1 heterocycles. The molecule has 0 unspecified atom stereocenters. The van der Waals surface area contributed by atoms with Gasteiger partial charge in [-0.2, -0.15) is 5.26 Å². The van der Waals surface area contributed by atoms with Gasteiger partial charge in [-0.15, -0.1) is 0 Å². The van der Waals surface area contributed by atoms with Crippen molar-refractivity contribution in [3.63, 3.8) is 0 Å². The molecule has 0 amide bonds. The molecule has 0 saturated carbocycles. The van der Waals surface area contributed by atoms with E-state index < -0.39 is 0 Å². The van der Waals surface area contributed by atoms with Crippen LogP contribution in [0.4, 0.5) is 0 Å². The normalized spacial score (nSPS) is 9.88. The van der Waals surface area contributed by atoms with Crippen molar-refractivity contribution in [3.8, 4) is 11.8 Å². The summed E-state index contributed by atoms with van der Waals surface area (Å²) < 4.78 is 7.43. The molecule has 17 heavy (non-hydrogen) atoms. The predicted octanol–water partition coefficient (Wildman–Crippen LogP) is 2.49. The Hall–Kier alpha value is -1.99. The van der Waals surface area contributed by atoms with Gasteiger partial charge in [-0.3, -0.25) is 0 Å². The lowest BCUT2D eigenvalue weighted by Gasteiger charge is -2.08. The molecule has 0 aliphatic carbocycles. The third-order valence-electron chi connectivity index (χ3n) is 2.25. The van der Waals surface area contributed by atoms with E-state index in [1.54, 1.807) is 30.7 Å². The summed E-state index contributed by atoms with van der Waals surface area (Å²) >= 11 is 5.89. The van der Waals surface area contributed by atoms with Gasteiger partial charge < -0.3 is 9.30 Å². The number of benzene rings is 1. The molecule has 2 aromatic rings. The smallest absolute Gasteiger partial charge is 0.138 e. The number of aromatic nitrogens is 2. The quantitative estimate of drug-likeness (QED) is 0.834. The molecular weight excluding hydrogens is 238 g/mol. The third-order valence-corrected chi connectivity index (χ3v) is 2.57. The maximum absolute atomic E-state index is 8.95. The second-order valence-electron chi connectivity index (χ2n) is 3.37. The molecule has 0 spiro atoms. The van der Waals surface area contributed by atoms with Crippen LogP contribution < -0.4 is 4.74 Å². The first-order valence-electron chi connectivity index (χ1n) is 5.08. The number of nitriles is 1. The molecule has 0 N–H and O–H groups in total. The summed E-state index contributed by atoms with van der Waals surface area (Å²) in [5.74, 6) is 0.514. The van der Waals surface area contributed by atoms with Crippen LogP contribution in [0.5, 0.6) is 5.75 Å². The van der Waals surface area contributed by atoms with E-state index in [1.165, 1.54) is 0 Å². The average Bonchev–Trinajstić information content (AvgIpc) is 2.82. The molecule has 2 rings (SSSR count). The number of rotatable bonds is 4. The second-order valence-corrected chi connectivity index (χ2v) is 3.78. The minimum absolute atomic E-state index is 0.375. The lowest BCUT2D eigenvalue weighted by molar-refractivity contribution is 0.297. The Balaban J connectivity index is 2.00. The summed E-state index contributed by atoms with van der Waals surface area (Å²) in [4.78, 5) is 3.93. The predicted molar refractivity (Wildman–Crippen MR) is 63.9 cm³/mol. The molecule has 0 radical (unpaired) electrons. The van der Waals surface area contributed by atoms with E-state index in [1.807, 2.05) is 16.8 Å². The highest BCUT2D eigenvalue weighted by Crippen LogP contribution is 2.25. The first kappa shape index (κ1) is 11.5. The van der Waals surface area contributed by atoms with Crippen molar-refractivity contribution >= 4 is 11.6 Å². The van der Waals surface area contributed by atoms with Gasteiger partial charge in [0.1, 0.15) is 24.0 Å². The van der Waals surface area contributed by atoms with Gasteiger partial charge in [0.25, 0.3) is 0 Å². The topological polar surface area (TPSA) is 50.8 Å². The fourth-order valence-corrected chi connectivity index (χ4v) is 1.62. The Morgan fingerprint density at radius 3 is 3.06 bits per heavy atom. The van der Waals surface area contributed by atoms with Gasteiger partial charge in [-0.05, 0) is 12.1 Å². The van der Waals surface area contributed by atoms with Crippen LogP contribution in [0.15, 0.2) is 36.9 Å².